The summed E-state index contributed by atoms with van der Waals surface area (Å²) in [6, 6.07) is 18.1. The second-order valence-corrected chi connectivity index (χ2v) is 5.92. The summed E-state index contributed by atoms with van der Waals surface area (Å²) in [4.78, 5) is 15.6. The summed E-state index contributed by atoms with van der Waals surface area (Å²) in [5.41, 5.74) is 2.86. The van der Waals surface area contributed by atoms with Crippen LogP contribution in [0.2, 0.25) is 0 Å². The highest BCUT2D eigenvalue weighted by Gasteiger charge is 2.28. The van der Waals surface area contributed by atoms with Gasteiger partial charge in [-0.3, -0.25) is 0 Å². The van der Waals surface area contributed by atoms with Gasteiger partial charge < -0.3 is 14.5 Å². The SMILES string of the molecule is O=C1O/C(=C\[NH+]2CCN(c3ccccc3)CC2)c2ccccc21. The van der Waals surface area contributed by atoms with Crippen LogP contribution < -0.4 is 9.80 Å². The molecule has 0 saturated carbocycles. The largest absolute Gasteiger partial charge is 0.417 e. The highest BCUT2D eigenvalue weighted by atomic mass is 16.5. The first-order chi connectivity index (χ1) is 11.3. The molecule has 0 atom stereocenters. The van der Waals surface area contributed by atoms with Gasteiger partial charge in [0.15, 0.2) is 5.76 Å². The first kappa shape index (κ1) is 14.0. The van der Waals surface area contributed by atoms with Gasteiger partial charge in [0.2, 0.25) is 0 Å². The van der Waals surface area contributed by atoms with Gasteiger partial charge in [-0.15, -0.1) is 0 Å². The maximum absolute atomic E-state index is 11.9. The maximum Gasteiger partial charge on any atom is 0.344 e. The fourth-order valence-corrected chi connectivity index (χ4v) is 3.21. The molecule has 4 rings (SSSR count). The highest BCUT2D eigenvalue weighted by Crippen LogP contribution is 2.28. The van der Waals surface area contributed by atoms with E-state index in [1.165, 1.54) is 10.6 Å². The lowest BCUT2D eigenvalue weighted by molar-refractivity contribution is -0.847. The van der Waals surface area contributed by atoms with Crippen LogP contribution in [0.1, 0.15) is 15.9 Å². The third kappa shape index (κ3) is 2.73. The molecule has 0 unspecified atom stereocenters. The zero-order chi connectivity index (χ0) is 15.6. The van der Waals surface area contributed by atoms with Gasteiger partial charge in [0.25, 0.3) is 0 Å². The molecular formula is C19H19N2O2+. The molecule has 4 heteroatoms. The van der Waals surface area contributed by atoms with Crippen LogP contribution in [-0.2, 0) is 4.74 Å². The summed E-state index contributed by atoms with van der Waals surface area (Å²) in [5, 5.41) is 0. The molecule has 0 aliphatic carbocycles. The molecule has 116 valence electrons. The number of piperazine rings is 1. The van der Waals surface area contributed by atoms with E-state index in [9.17, 15) is 4.79 Å². The number of carbonyl (C=O) groups is 1. The van der Waals surface area contributed by atoms with Crippen molar-refractivity contribution in [2.24, 2.45) is 0 Å². The van der Waals surface area contributed by atoms with Crippen LogP contribution in [-0.4, -0.2) is 32.1 Å². The predicted molar refractivity (Wildman–Crippen MR) is 89.2 cm³/mol. The van der Waals surface area contributed by atoms with Crippen molar-refractivity contribution in [3.63, 3.8) is 0 Å². The zero-order valence-corrected chi connectivity index (χ0v) is 12.9. The van der Waals surface area contributed by atoms with E-state index >= 15 is 0 Å². The number of hydrogen-bond acceptors (Lipinski definition) is 3. The maximum atomic E-state index is 11.9. The zero-order valence-electron chi connectivity index (χ0n) is 12.9. The number of esters is 1. The summed E-state index contributed by atoms with van der Waals surface area (Å²) in [7, 11) is 0. The molecule has 2 heterocycles. The molecule has 0 spiro atoms. The monoisotopic (exact) mass is 307 g/mol. The lowest BCUT2D eigenvalue weighted by Gasteiger charge is -2.32. The molecule has 2 aliphatic rings. The van der Waals surface area contributed by atoms with E-state index in [1.807, 2.05) is 30.3 Å². The van der Waals surface area contributed by atoms with E-state index in [0.717, 1.165) is 31.7 Å². The molecule has 0 amide bonds. The Morgan fingerprint density at radius 2 is 1.57 bits per heavy atom. The van der Waals surface area contributed by atoms with Crippen molar-refractivity contribution >= 4 is 17.4 Å². The van der Waals surface area contributed by atoms with Crippen LogP contribution in [0.15, 0.2) is 60.8 Å². The minimum atomic E-state index is -0.242. The number of rotatable bonds is 2. The van der Waals surface area contributed by atoms with Gasteiger partial charge in [0.05, 0.1) is 31.7 Å². The van der Waals surface area contributed by atoms with E-state index in [4.69, 9.17) is 4.74 Å². The number of cyclic esters (lactones) is 1. The Kier molecular flexibility index (Phi) is 3.60. The molecule has 1 fully saturated rings. The molecule has 4 nitrogen and oxygen atoms in total. The Labute approximate surface area is 135 Å². The van der Waals surface area contributed by atoms with Crippen LogP contribution in [0.3, 0.4) is 0 Å². The quantitative estimate of drug-likeness (QED) is 0.855. The van der Waals surface area contributed by atoms with E-state index < -0.39 is 0 Å². The molecule has 0 bridgehead atoms. The van der Waals surface area contributed by atoms with Gasteiger partial charge in [-0.05, 0) is 18.2 Å². The number of nitrogens with one attached hydrogen (secondary N) is 1. The Morgan fingerprint density at radius 1 is 0.913 bits per heavy atom. The number of para-hydroxylation sites is 1. The van der Waals surface area contributed by atoms with Crippen LogP contribution in [0.5, 0.6) is 0 Å². The minimum Gasteiger partial charge on any atom is -0.417 e. The summed E-state index contributed by atoms with van der Waals surface area (Å²) in [5.74, 6) is 0.461. The van der Waals surface area contributed by atoms with Crippen molar-refractivity contribution < 1.29 is 14.4 Å². The molecule has 2 aromatic rings. The third-order valence-corrected chi connectivity index (χ3v) is 4.48. The van der Waals surface area contributed by atoms with Gasteiger partial charge in [0, 0.05) is 11.3 Å². The lowest BCUT2D eigenvalue weighted by atomic mass is 10.1. The van der Waals surface area contributed by atoms with Crippen molar-refractivity contribution in [1.29, 1.82) is 0 Å². The van der Waals surface area contributed by atoms with Crippen LogP contribution >= 0.6 is 0 Å². The van der Waals surface area contributed by atoms with Crippen LogP contribution in [0.25, 0.3) is 5.76 Å². The average molecular weight is 307 g/mol. The first-order valence-corrected chi connectivity index (χ1v) is 7.99. The predicted octanol–water partition coefficient (Wildman–Crippen LogP) is 1.56. The Hall–Kier alpha value is -2.59. The molecule has 2 aliphatic heterocycles. The van der Waals surface area contributed by atoms with Gasteiger partial charge in [-0.2, -0.15) is 0 Å². The molecule has 1 N–H and O–H groups in total. The molecule has 2 aromatic carbocycles. The average Bonchev–Trinajstić information content (AvgIpc) is 2.93. The summed E-state index contributed by atoms with van der Waals surface area (Å²) < 4.78 is 5.43. The van der Waals surface area contributed by atoms with Crippen molar-refractivity contribution in [3.8, 4) is 0 Å². The van der Waals surface area contributed by atoms with Gasteiger partial charge in [0.1, 0.15) is 6.20 Å². The third-order valence-electron chi connectivity index (χ3n) is 4.48. The number of anilines is 1. The van der Waals surface area contributed by atoms with Gasteiger partial charge in [-0.25, -0.2) is 4.79 Å². The Bertz CT molecular complexity index is 747. The highest BCUT2D eigenvalue weighted by molar-refractivity contribution is 6.02. The van der Waals surface area contributed by atoms with E-state index in [1.54, 1.807) is 0 Å². The first-order valence-electron chi connectivity index (χ1n) is 7.99. The van der Waals surface area contributed by atoms with Crippen molar-refractivity contribution in [2.45, 2.75) is 0 Å². The molecule has 0 radical (unpaired) electrons. The number of hydrogen-bond donors (Lipinski definition) is 1. The molecule has 23 heavy (non-hydrogen) atoms. The number of fused-ring (bicyclic) bond motifs is 1. The van der Waals surface area contributed by atoms with Crippen molar-refractivity contribution in [3.05, 3.63) is 71.9 Å². The Balaban J connectivity index is 1.47. The summed E-state index contributed by atoms with van der Waals surface area (Å²) >= 11 is 0. The van der Waals surface area contributed by atoms with Gasteiger partial charge >= 0.3 is 5.97 Å². The normalized spacial score (nSPS) is 19.7. The Morgan fingerprint density at radius 3 is 2.30 bits per heavy atom. The summed E-state index contributed by atoms with van der Waals surface area (Å²) in [6.07, 6.45) is 2.06. The second-order valence-electron chi connectivity index (χ2n) is 5.92. The lowest BCUT2D eigenvalue weighted by Crippen LogP contribution is -3.10. The second kappa shape index (κ2) is 5.89. The number of ether oxygens (including phenoxy) is 1. The van der Waals surface area contributed by atoms with Crippen LogP contribution in [0, 0.1) is 0 Å². The number of quaternary nitrogens is 1. The number of nitrogens with zero attached hydrogens (tertiary/aromatic N) is 1. The molecular weight excluding hydrogens is 288 g/mol. The van der Waals surface area contributed by atoms with Crippen molar-refractivity contribution in [2.75, 3.05) is 31.1 Å². The van der Waals surface area contributed by atoms with Gasteiger partial charge in [-0.1, -0.05) is 36.4 Å². The fourth-order valence-electron chi connectivity index (χ4n) is 3.21. The van der Waals surface area contributed by atoms with Crippen LogP contribution in [0.4, 0.5) is 5.69 Å². The molecule has 0 aromatic heterocycles. The molecule has 1 saturated heterocycles. The smallest absolute Gasteiger partial charge is 0.344 e. The minimum absolute atomic E-state index is 0.242. The standard InChI is InChI=1S/C19H18N2O2/c22-19-17-9-5-4-8-16(17)18(23-19)14-20-10-12-21(13-11-20)15-6-2-1-3-7-15/h1-9,14H,10-13H2/p+1/b18-14-. The van der Waals surface area contributed by atoms with E-state index in [2.05, 4.69) is 35.4 Å². The summed E-state index contributed by atoms with van der Waals surface area (Å²) in [6.45, 7) is 3.99. The number of benzene rings is 2. The topological polar surface area (TPSA) is 34.0 Å². The van der Waals surface area contributed by atoms with Crippen molar-refractivity contribution in [1.82, 2.24) is 0 Å². The van der Waals surface area contributed by atoms with E-state index in [0.29, 0.717) is 11.3 Å². The van der Waals surface area contributed by atoms with E-state index in [-0.39, 0.29) is 5.97 Å². The fraction of sp³-hybridized carbons (Fsp3) is 0.211. The number of carbonyl (C=O) groups excluding carboxylic acids is 1.